The van der Waals surface area contributed by atoms with Crippen LogP contribution in [0.4, 0.5) is 0 Å². The molecule has 1 atom stereocenters. The van der Waals surface area contributed by atoms with Crippen molar-refractivity contribution in [3.05, 3.63) is 0 Å². The summed E-state index contributed by atoms with van der Waals surface area (Å²) in [7, 11) is 0. The van der Waals surface area contributed by atoms with Crippen LogP contribution in [0.3, 0.4) is 0 Å². The highest BCUT2D eigenvalue weighted by molar-refractivity contribution is 14.0. The molecule has 3 N–H and O–H groups in total. The molecule has 1 aliphatic carbocycles. The monoisotopic (exact) mass is 367 g/mol. The first-order valence-corrected chi connectivity index (χ1v) is 7.28. The molecule has 3 nitrogen and oxygen atoms in total. The molecule has 18 heavy (non-hydrogen) atoms. The Balaban J connectivity index is 0.00000289. The van der Waals surface area contributed by atoms with E-state index in [0.717, 1.165) is 18.9 Å². The highest BCUT2D eigenvalue weighted by Gasteiger charge is 2.13. The smallest absolute Gasteiger partial charge is 0.188 e. The molecule has 1 fully saturated rings. The Bertz CT molecular complexity index is 225. The van der Waals surface area contributed by atoms with Gasteiger partial charge in [-0.25, -0.2) is 0 Å². The van der Waals surface area contributed by atoms with E-state index >= 15 is 0 Å². The summed E-state index contributed by atoms with van der Waals surface area (Å²) in [5.74, 6) is 1.62. The summed E-state index contributed by atoms with van der Waals surface area (Å²) in [6.45, 7) is 5.15. The summed E-state index contributed by atoms with van der Waals surface area (Å²) < 4.78 is 0. The van der Waals surface area contributed by atoms with Crippen molar-refractivity contribution in [1.29, 1.82) is 0 Å². The summed E-state index contributed by atoms with van der Waals surface area (Å²) in [5.41, 5.74) is 5.79. The number of nitrogens with zero attached hydrogens (tertiary/aromatic N) is 1. The Morgan fingerprint density at radius 3 is 2.61 bits per heavy atom. The zero-order valence-electron chi connectivity index (χ0n) is 12.0. The maximum Gasteiger partial charge on any atom is 0.188 e. The van der Waals surface area contributed by atoms with Crippen LogP contribution >= 0.6 is 24.0 Å². The molecule has 0 aromatic carbocycles. The van der Waals surface area contributed by atoms with Crippen molar-refractivity contribution in [2.75, 3.05) is 6.54 Å². The first-order valence-electron chi connectivity index (χ1n) is 7.28. The average molecular weight is 367 g/mol. The molecule has 1 aliphatic rings. The molecule has 4 heteroatoms. The number of halogens is 1. The van der Waals surface area contributed by atoms with Gasteiger partial charge in [-0.2, -0.15) is 0 Å². The number of hydrogen-bond acceptors (Lipinski definition) is 1. The van der Waals surface area contributed by atoms with Crippen LogP contribution in [0.1, 0.15) is 65.2 Å². The fraction of sp³-hybridized carbons (Fsp3) is 0.929. The third kappa shape index (κ3) is 8.16. The highest BCUT2D eigenvalue weighted by atomic mass is 127. The SMILES string of the molecule is CCC(C)NC(N)=NCCCCC1CCCC1.I. The number of nitrogens with two attached hydrogens (primary N) is 1. The van der Waals surface area contributed by atoms with E-state index in [2.05, 4.69) is 24.2 Å². The van der Waals surface area contributed by atoms with Crippen molar-refractivity contribution in [3.8, 4) is 0 Å². The summed E-state index contributed by atoms with van der Waals surface area (Å²) in [6.07, 6.45) is 10.8. The minimum atomic E-state index is 0. The summed E-state index contributed by atoms with van der Waals surface area (Å²) >= 11 is 0. The normalized spacial score (nSPS) is 18.4. The zero-order chi connectivity index (χ0) is 12.5. The van der Waals surface area contributed by atoms with Crippen molar-refractivity contribution in [2.45, 2.75) is 71.3 Å². The molecule has 0 spiro atoms. The van der Waals surface area contributed by atoms with E-state index in [1.807, 2.05) is 0 Å². The molecule has 0 aromatic rings. The minimum Gasteiger partial charge on any atom is -0.370 e. The molecule has 1 rings (SSSR count). The number of guanidine groups is 1. The van der Waals surface area contributed by atoms with Gasteiger partial charge in [0, 0.05) is 12.6 Å². The third-order valence-corrected chi connectivity index (χ3v) is 3.78. The van der Waals surface area contributed by atoms with Gasteiger partial charge in [0.05, 0.1) is 0 Å². The summed E-state index contributed by atoms with van der Waals surface area (Å²) in [4.78, 5) is 4.36. The van der Waals surface area contributed by atoms with Crippen molar-refractivity contribution >= 4 is 29.9 Å². The number of aliphatic imine (C=N–C) groups is 1. The summed E-state index contributed by atoms with van der Waals surface area (Å²) in [5, 5.41) is 3.19. The van der Waals surface area contributed by atoms with E-state index in [1.165, 1.54) is 44.9 Å². The molecular formula is C14H30IN3. The van der Waals surface area contributed by atoms with Crippen LogP contribution in [0, 0.1) is 5.92 Å². The molecule has 0 bridgehead atoms. The minimum absolute atomic E-state index is 0. The van der Waals surface area contributed by atoms with Crippen LogP contribution < -0.4 is 11.1 Å². The fourth-order valence-corrected chi connectivity index (χ4v) is 2.44. The number of rotatable bonds is 7. The van der Waals surface area contributed by atoms with Crippen LogP contribution in [0.15, 0.2) is 4.99 Å². The molecule has 0 radical (unpaired) electrons. The molecule has 1 unspecified atom stereocenters. The molecule has 0 heterocycles. The quantitative estimate of drug-likeness (QED) is 0.312. The highest BCUT2D eigenvalue weighted by Crippen LogP contribution is 2.28. The topological polar surface area (TPSA) is 50.4 Å². The van der Waals surface area contributed by atoms with Gasteiger partial charge in [0.1, 0.15) is 0 Å². The van der Waals surface area contributed by atoms with E-state index in [4.69, 9.17) is 5.73 Å². The van der Waals surface area contributed by atoms with Gasteiger partial charge in [-0.1, -0.05) is 45.4 Å². The van der Waals surface area contributed by atoms with Gasteiger partial charge in [0.15, 0.2) is 5.96 Å². The van der Waals surface area contributed by atoms with Crippen LogP contribution in [-0.4, -0.2) is 18.5 Å². The third-order valence-electron chi connectivity index (χ3n) is 3.78. The van der Waals surface area contributed by atoms with Crippen molar-refractivity contribution in [3.63, 3.8) is 0 Å². The van der Waals surface area contributed by atoms with E-state index in [-0.39, 0.29) is 24.0 Å². The Morgan fingerprint density at radius 2 is 2.00 bits per heavy atom. The van der Waals surface area contributed by atoms with E-state index in [1.54, 1.807) is 0 Å². The Kier molecular flexibility index (Phi) is 10.9. The first-order chi connectivity index (χ1) is 8.22. The van der Waals surface area contributed by atoms with E-state index in [9.17, 15) is 0 Å². The van der Waals surface area contributed by atoms with Crippen LogP contribution in [0.25, 0.3) is 0 Å². The molecule has 0 saturated heterocycles. The second-order valence-electron chi connectivity index (χ2n) is 5.37. The lowest BCUT2D eigenvalue weighted by atomic mass is 10.0. The maximum absolute atomic E-state index is 5.79. The number of hydrogen-bond donors (Lipinski definition) is 2. The van der Waals surface area contributed by atoms with Gasteiger partial charge in [0.25, 0.3) is 0 Å². The number of nitrogens with one attached hydrogen (secondary N) is 1. The van der Waals surface area contributed by atoms with Crippen molar-refractivity contribution in [2.24, 2.45) is 16.6 Å². The molecule has 0 aliphatic heterocycles. The van der Waals surface area contributed by atoms with E-state index in [0.29, 0.717) is 12.0 Å². The lowest BCUT2D eigenvalue weighted by Crippen LogP contribution is -2.38. The van der Waals surface area contributed by atoms with Gasteiger partial charge in [-0.05, 0) is 25.7 Å². The molecular weight excluding hydrogens is 337 g/mol. The van der Waals surface area contributed by atoms with E-state index < -0.39 is 0 Å². The fourth-order valence-electron chi connectivity index (χ4n) is 2.44. The lowest BCUT2D eigenvalue weighted by Gasteiger charge is -2.11. The number of unbranched alkanes of at least 4 members (excludes halogenated alkanes) is 1. The van der Waals surface area contributed by atoms with Crippen molar-refractivity contribution < 1.29 is 0 Å². The largest absolute Gasteiger partial charge is 0.370 e. The standard InChI is InChI=1S/C14H29N3.HI/c1-3-12(2)17-14(15)16-11-7-6-10-13-8-4-5-9-13;/h12-13H,3-11H2,1-2H3,(H3,15,16,17);1H. The molecule has 1 saturated carbocycles. The van der Waals surface area contributed by atoms with Gasteiger partial charge < -0.3 is 11.1 Å². The van der Waals surface area contributed by atoms with Crippen LogP contribution in [0.2, 0.25) is 0 Å². The van der Waals surface area contributed by atoms with Gasteiger partial charge >= 0.3 is 0 Å². The Morgan fingerprint density at radius 1 is 1.33 bits per heavy atom. The van der Waals surface area contributed by atoms with Gasteiger partial charge in [-0.15, -0.1) is 24.0 Å². The predicted molar refractivity (Wildman–Crippen MR) is 90.6 cm³/mol. The Labute approximate surface area is 129 Å². The second-order valence-corrected chi connectivity index (χ2v) is 5.37. The van der Waals surface area contributed by atoms with Crippen molar-refractivity contribution in [1.82, 2.24) is 5.32 Å². The maximum atomic E-state index is 5.79. The average Bonchev–Trinajstić information content (AvgIpc) is 2.81. The van der Waals surface area contributed by atoms with Gasteiger partial charge in [0.2, 0.25) is 0 Å². The summed E-state index contributed by atoms with van der Waals surface area (Å²) in [6, 6.07) is 0.428. The Hall–Kier alpha value is 0. The van der Waals surface area contributed by atoms with Crippen LogP contribution in [0.5, 0.6) is 0 Å². The van der Waals surface area contributed by atoms with Gasteiger partial charge in [-0.3, -0.25) is 4.99 Å². The molecule has 0 amide bonds. The van der Waals surface area contributed by atoms with Crippen LogP contribution in [-0.2, 0) is 0 Å². The lowest BCUT2D eigenvalue weighted by molar-refractivity contribution is 0.475. The first kappa shape index (κ1) is 18.0. The second kappa shape index (κ2) is 10.9. The zero-order valence-corrected chi connectivity index (χ0v) is 14.3. The predicted octanol–water partition coefficient (Wildman–Crippen LogP) is 3.67. The molecule has 0 aromatic heterocycles. The molecule has 108 valence electrons.